The molecular weight excluding hydrogens is 248 g/mol. The molecule has 0 bridgehead atoms. The molecule has 1 atom stereocenters. The van der Waals surface area contributed by atoms with Crippen LogP contribution in [0.2, 0.25) is 0 Å². The third-order valence-electron chi connectivity index (χ3n) is 3.02. The molecule has 0 fully saturated rings. The Morgan fingerprint density at radius 3 is 2.58 bits per heavy atom. The molecule has 2 nitrogen and oxygen atoms in total. The molecule has 1 N–H and O–H groups in total. The van der Waals surface area contributed by atoms with Gasteiger partial charge in [-0.2, -0.15) is 0 Å². The number of rotatable bonds is 4. The second-order valence-electron chi connectivity index (χ2n) is 4.40. The van der Waals surface area contributed by atoms with Gasteiger partial charge in [0, 0.05) is 29.9 Å². The van der Waals surface area contributed by atoms with E-state index in [2.05, 4.69) is 4.98 Å². The first-order valence-corrected chi connectivity index (χ1v) is 6.17. The van der Waals surface area contributed by atoms with Gasteiger partial charge in [0.15, 0.2) is 0 Å². The second kappa shape index (κ2) is 5.89. The highest BCUT2D eigenvalue weighted by atomic mass is 19.1. The van der Waals surface area contributed by atoms with Crippen LogP contribution in [-0.2, 0) is 12.8 Å². The van der Waals surface area contributed by atoms with Crippen molar-refractivity contribution < 1.29 is 13.9 Å². The van der Waals surface area contributed by atoms with Gasteiger partial charge in [-0.05, 0) is 24.1 Å². The standard InChI is InChI=1S/C15H15F2NO/c1-2-10-3-5-12(18-9-10)8-15(19)13-6-4-11(16)7-14(13)17/h3-7,9,15,19H,2,8H2,1H3. The van der Waals surface area contributed by atoms with E-state index in [1.807, 2.05) is 19.1 Å². The molecule has 0 aliphatic heterocycles. The zero-order valence-electron chi connectivity index (χ0n) is 10.6. The van der Waals surface area contributed by atoms with Crippen LogP contribution in [-0.4, -0.2) is 10.1 Å². The van der Waals surface area contributed by atoms with Gasteiger partial charge in [-0.3, -0.25) is 4.98 Å². The quantitative estimate of drug-likeness (QED) is 0.919. The molecule has 1 aromatic heterocycles. The maximum absolute atomic E-state index is 13.5. The Morgan fingerprint density at radius 2 is 2.00 bits per heavy atom. The maximum atomic E-state index is 13.5. The monoisotopic (exact) mass is 263 g/mol. The van der Waals surface area contributed by atoms with Crippen LogP contribution in [0, 0.1) is 11.6 Å². The molecule has 4 heteroatoms. The van der Waals surface area contributed by atoms with Crippen LogP contribution >= 0.6 is 0 Å². The summed E-state index contributed by atoms with van der Waals surface area (Å²) in [5, 5.41) is 9.97. The molecular formula is C15H15F2NO. The Hall–Kier alpha value is -1.81. The third kappa shape index (κ3) is 3.35. The summed E-state index contributed by atoms with van der Waals surface area (Å²) in [6.45, 7) is 2.03. The van der Waals surface area contributed by atoms with Crippen LogP contribution in [0.1, 0.15) is 29.8 Å². The van der Waals surface area contributed by atoms with E-state index in [0.717, 1.165) is 24.1 Å². The van der Waals surface area contributed by atoms with Crippen molar-refractivity contribution in [3.63, 3.8) is 0 Å². The van der Waals surface area contributed by atoms with E-state index >= 15 is 0 Å². The summed E-state index contributed by atoms with van der Waals surface area (Å²) in [4.78, 5) is 4.21. The number of hydrogen-bond donors (Lipinski definition) is 1. The van der Waals surface area contributed by atoms with Gasteiger partial charge in [-0.1, -0.05) is 19.1 Å². The minimum Gasteiger partial charge on any atom is -0.388 e. The fraction of sp³-hybridized carbons (Fsp3) is 0.267. The van der Waals surface area contributed by atoms with Gasteiger partial charge < -0.3 is 5.11 Å². The summed E-state index contributed by atoms with van der Waals surface area (Å²) >= 11 is 0. The molecule has 100 valence electrons. The number of aliphatic hydroxyl groups is 1. The zero-order chi connectivity index (χ0) is 13.8. The lowest BCUT2D eigenvalue weighted by molar-refractivity contribution is 0.172. The van der Waals surface area contributed by atoms with Crippen LogP contribution in [0.3, 0.4) is 0 Å². The molecule has 1 heterocycles. The van der Waals surface area contributed by atoms with Gasteiger partial charge in [0.25, 0.3) is 0 Å². The number of hydrogen-bond acceptors (Lipinski definition) is 2. The van der Waals surface area contributed by atoms with Crippen molar-refractivity contribution in [2.45, 2.75) is 25.9 Å². The molecule has 2 rings (SSSR count). The first-order valence-electron chi connectivity index (χ1n) is 6.17. The second-order valence-corrected chi connectivity index (χ2v) is 4.40. The lowest BCUT2D eigenvalue weighted by atomic mass is 10.0. The lowest BCUT2D eigenvalue weighted by Crippen LogP contribution is -2.06. The number of nitrogens with zero attached hydrogens (tertiary/aromatic N) is 1. The summed E-state index contributed by atoms with van der Waals surface area (Å²) in [6.07, 6.45) is 1.80. The van der Waals surface area contributed by atoms with E-state index in [9.17, 15) is 13.9 Å². The molecule has 0 amide bonds. The number of aryl methyl sites for hydroxylation is 1. The van der Waals surface area contributed by atoms with Gasteiger partial charge in [0.2, 0.25) is 0 Å². The van der Waals surface area contributed by atoms with Crippen LogP contribution in [0.4, 0.5) is 8.78 Å². The summed E-state index contributed by atoms with van der Waals surface area (Å²) < 4.78 is 26.3. The summed E-state index contributed by atoms with van der Waals surface area (Å²) in [6, 6.07) is 6.90. The maximum Gasteiger partial charge on any atom is 0.131 e. The lowest BCUT2D eigenvalue weighted by Gasteiger charge is -2.11. The van der Waals surface area contributed by atoms with Crippen molar-refractivity contribution in [1.82, 2.24) is 4.98 Å². The molecule has 19 heavy (non-hydrogen) atoms. The predicted octanol–water partition coefficient (Wildman–Crippen LogP) is 3.20. The SMILES string of the molecule is CCc1ccc(CC(O)c2ccc(F)cc2F)nc1. The fourth-order valence-corrected chi connectivity index (χ4v) is 1.86. The Bertz CT molecular complexity index is 555. The highest BCUT2D eigenvalue weighted by molar-refractivity contribution is 5.23. The molecule has 0 spiro atoms. The predicted molar refractivity (Wildman–Crippen MR) is 68.6 cm³/mol. The van der Waals surface area contributed by atoms with E-state index in [-0.39, 0.29) is 12.0 Å². The van der Waals surface area contributed by atoms with Crippen molar-refractivity contribution in [1.29, 1.82) is 0 Å². The van der Waals surface area contributed by atoms with Gasteiger partial charge in [0.1, 0.15) is 11.6 Å². The van der Waals surface area contributed by atoms with E-state index in [0.29, 0.717) is 5.69 Å². The average Bonchev–Trinajstić information content (AvgIpc) is 2.39. The van der Waals surface area contributed by atoms with Crippen molar-refractivity contribution in [2.75, 3.05) is 0 Å². The minimum absolute atomic E-state index is 0.0859. The Balaban J connectivity index is 2.13. The van der Waals surface area contributed by atoms with Gasteiger partial charge in [-0.15, -0.1) is 0 Å². The van der Waals surface area contributed by atoms with E-state index in [4.69, 9.17) is 0 Å². The number of pyridine rings is 1. The summed E-state index contributed by atoms with van der Waals surface area (Å²) in [7, 11) is 0. The van der Waals surface area contributed by atoms with Crippen LogP contribution < -0.4 is 0 Å². The number of aromatic nitrogens is 1. The first kappa shape index (κ1) is 13.6. The van der Waals surface area contributed by atoms with E-state index in [1.165, 1.54) is 6.07 Å². The summed E-state index contributed by atoms with van der Waals surface area (Å²) in [5.41, 5.74) is 1.86. The first-order chi connectivity index (χ1) is 9.10. The smallest absolute Gasteiger partial charge is 0.131 e. The highest BCUT2D eigenvalue weighted by Crippen LogP contribution is 2.21. The topological polar surface area (TPSA) is 33.1 Å². The molecule has 0 aliphatic rings. The van der Waals surface area contributed by atoms with Crippen molar-refractivity contribution in [2.24, 2.45) is 0 Å². The highest BCUT2D eigenvalue weighted by Gasteiger charge is 2.14. The molecule has 0 aliphatic carbocycles. The molecule has 1 aromatic carbocycles. The largest absolute Gasteiger partial charge is 0.388 e. The minimum atomic E-state index is -1.03. The molecule has 2 aromatic rings. The zero-order valence-corrected chi connectivity index (χ0v) is 10.6. The van der Waals surface area contributed by atoms with E-state index in [1.54, 1.807) is 6.20 Å². The Labute approximate surface area is 110 Å². The van der Waals surface area contributed by atoms with Crippen LogP contribution in [0.25, 0.3) is 0 Å². The van der Waals surface area contributed by atoms with Gasteiger partial charge in [-0.25, -0.2) is 8.78 Å². The molecule has 1 unspecified atom stereocenters. The van der Waals surface area contributed by atoms with Crippen molar-refractivity contribution in [3.8, 4) is 0 Å². The molecule has 0 radical (unpaired) electrons. The van der Waals surface area contributed by atoms with Crippen LogP contribution in [0.5, 0.6) is 0 Å². The normalized spacial score (nSPS) is 12.4. The van der Waals surface area contributed by atoms with Crippen molar-refractivity contribution >= 4 is 0 Å². The van der Waals surface area contributed by atoms with Gasteiger partial charge >= 0.3 is 0 Å². The fourth-order valence-electron chi connectivity index (χ4n) is 1.86. The van der Waals surface area contributed by atoms with Crippen LogP contribution in [0.15, 0.2) is 36.5 Å². The van der Waals surface area contributed by atoms with Crippen molar-refractivity contribution in [3.05, 3.63) is 65.0 Å². The average molecular weight is 263 g/mol. The number of aliphatic hydroxyl groups excluding tert-OH is 1. The van der Waals surface area contributed by atoms with E-state index < -0.39 is 17.7 Å². The Morgan fingerprint density at radius 1 is 1.21 bits per heavy atom. The Kier molecular flexibility index (Phi) is 4.22. The molecule has 0 saturated carbocycles. The number of benzene rings is 1. The summed E-state index contributed by atoms with van der Waals surface area (Å²) in [5.74, 6) is -1.39. The molecule has 0 saturated heterocycles. The third-order valence-corrected chi connectivity index (χ3v) is 3.02. The number of halogens is 2. The van der Waals surface area contributed by atoms with Gasteiger partial charge in [0.05, 0.1) is 6.10 Å².